The van der Waals surface area contributed by atoms with E-state index in [1.54, 1.807) is 12.3 Å². The van der Waals surface area contributed by atoms with E-state index in [1.165, 1.54) is 0 Å². The number of hydrogen-bond acceptors (Lipinski definition) is 2. The second-order valence-electron chi connectivity index (χ2n) is 5.13. The maximum absolute atomic E-state index is 12.4. The zero-order chi connectivity index (χ0) is 13.9. The number of aromatic nitrogens is 1. The molecule has 19 heavy (non-hydrogen) atoms. The third-order valence-electron chi connectivity index (χ3n) is 3.22. The number of rotatable bonds is 3. The summed E-state index contributed by atoms with van der Waals surface area (Å²) in [5, 5.41) is 2.94. The van der Waals surface area contributed by atoms with Crippen LogP contribution >= 0.6 is 0 Å². The maximum atomic E-state index is 12.4. The highest BCUT2D eigenvalue weighted by Gasteiger charge is 2.29. The fourth-order valence-electron chi connectivity index (χ4n) is 1.90. The Labute approximate surface area is 113 Å². The molecule has 0 saturated heterocycles. The molecule has 0 saturated carbocycles. The van der Waals surface area contributed by atoms with Crippen molar-refractivity contribution in [1.82, 2.24) is 4.98 Å². The van der Waals surface area contributed by atoms with Gasteiger partial charge in [-0.05, 0) is 38.5 Å². The molecule has 3 nitrogen and oxygen atoms in total. The second-order valence-corrected chi connectivity index (χ2v) is 5.13. The minimum absolute atomic E-state index is 0.0238. The minimum atomic E-state index is -0.571. The van der Waals surface area contributed by atoms with Gasteiger partial charge in [0.05, 0.1) is 5.41 Å². The van der Waals surface area contributed by atoms with Crippen LogP contribution in [-0.4, -0.2) is 10.9 Å². The van der Waals surface area contributed by atoms with Gasteiger partial charge in [-0.3, -0.25) is 9.78 Å². The highest BCUT2D eigenvalue weighted by molar-refractivity contribution is 5.98. The highest BCUT2D eigenvalue weighted by Crippen LogP contribution is 2.24. The van der Waals surface area contributed by atoms with E-state index < -0.39 is 5.41 Å². The fraction of sp³-hybridized carbons (Fsp3) is 0.250. The Kier molecular flexibility index (Phi) is 3.65. The number of aryl methyl sites for hydroxylation is 1. The summed E-state index contributed by atoms with van der Waals surface area (Å²) in [7, 11) is 0. The van der Waals surface area contributed by atoms with Crippen LogP contribution in [-0.2, 0) is 10.2 Å². The first-order chi connectivity index (χ1) is 9.00. The van der Waals surface area contributed by atoms with Crippen LogP contribution in [0.1, 0.15) is 25.1 Å². The number of benzene rings is 1. The van der Waals surface area contributed by atoms with Gasteiger partial charge in [-0.1, -0.05) is 30.3 Å². The highest BCUT2D eigenvalue weighted by atomic mass is 16.2. The van der Waals surface area contributed by atoms with E-state index in [9.17, 15) is 4.79 Å². The Morgan fingerprint density at radius 3 is 2.47 bits per heavy atom. The third kappa shape index (κ3) is 2.99. The number of pyridine rings is 1. The van der Waals surface area contributed by atoms with Crippen LogP contribution in [0.4, 0.5) is 5.69 Å². The van der Waals surface area contributed by atoms with Crippen LogP contribution in [0.3, 0.4) is 0 Å². The van der Waals surface area contributed by atoms with E-state index in [0.29, 0.717) is 0 Å². The molecular weight excluding hydrogens is 236 g/mol. The summed E-state index contributed by atoms with van der Waals surface area (Å²) < 4.78 is 0. The molecule has 0 unspecified atom stereocenters. The number of carbonyl (C=O) groups is 1. The van der Waals surface area contributed by atoms with Gasteiger partial charge in [0.15, 0.2) is 0 Å². The summed E-state index contributed by atoms with van der Waals surface area (Å²) in [6.45, 7) is 5.75. The summed E-state index contributed by atoms with van der Waals surface area (Å²) in [5.74, 6) is -0.0238. The zero-order valence-corrected chi connectivity index (χ0v) is 11.5. The number of amides is 1. The molecule has 98 valence electrons. The normalized spacial score (nSPS) is 11.1. The average molecular weight is 254 g/mol. The van der Waals surface area contributed by atoms with Gasteiger partial charge in [0, 0.05) is 17.6 Å². The molecule has 3 heteroatoms. The van der Waals surface area contributed by atoms with E-state index in [-0.39, 0.29) is 5.91 Å². The lowest BCUT2D eigenvalue weighted by molar-refractivity contribution is -0.120. The first-order valence-electron chi connectivity index (χ1n) is 6.30. The summed E-state index contributed by atoms with van der Waals surface area (Å²) >= 11 is 0. The monoisotopic (exact) mass is 254 g/mol. The molecule has 0 bridgehead atoms. The van der Waals surface area contributed by atoms with E-state index >= 15 is 0 Å². The lowest BCUT2D eigenvalue weighted by Crippen LogP contribution is -2.34. The number of hydrogen-bond donors (Lipinski definition) is 1. The van der Waals surface area contributed by atoms with Gasteiger partial charge in [0.2, 0.25) is 5.91 Å². The van der Waals surface area contributed by atoms with Crippen molar-refractivity contribution in [3.8, 4) is 0 Å². The zero-order valence-electron chi connectivity index (χ0n) is 11.5. The van der Waals surface area contributed by atoms with Gasteiger partial charge >= 0.3 is 0 Å². The fourth-order valence-corrected chi connectivity index (χ4v) is 1.90. The van der Waals surface area contributed by atoms with Crippen molar-refractivity contribution >= 4 is 11.6 Å². The Morgan fingerprint density at radius 2 is 1.84 bits per heavy atom. The topological polar surface area (TPSA) is 42.0 Å². The van der Waals surface area contributed by atoms with Crippen LogP contribution in [0.15, 0.2) is 48.7 Å². The first-order valence-corrected chi connectivity index (χ1v) is 6.30. The largest absolute Gasteiger partial charge is 0.325 e. The standard InChI is InChI=1S/C16H18N2O/c1-12-11-14(9-10-17-12)18-15(19)16(2,3)13-7-5-4-6-8-13/h4-11H,1-3H3,(H,17,18,19). The predicted molar refractivity (Wildman–Crippen MR) is 77.1 cm³/mol. The molecule has 0 aliphatic rings. The molecule has 0 fully saturated rings. The lowest BCUT2D eigenvalue weighted by Gasteiger charge is -2.24. The molecule has 1 N–H and O–H groups in total. The van der Waals surface area contributed by atoms with Crippen molar-refractivity contribution < 1.29 is 4.79 Å². The molecule has 1 aromatic heterocycles. The quantitative estimate of drug-likeness (QED) is 0.913. The Balaban J connectivity index is 2.20. The van der Waals surface area contributed by atoms with E-state index in [2.05, 4.69) is 10.3 Å². The molecule has 0 aliphatic heterocycles. The van der Waals surface area contributed by atoms with Crippen LogP contribution in [0.5, 0.6) is 0 Å². The van der Waals surface area contributed by atoms with Gasteiger partial charge in [0.1, 0.15) is 0 Å². The van der Waals surface area contributed by atoms with Crippen molar-refractivity contribution in [1.29, 1.82) is 0 Å². The van der Waals surface area contributed by atoms with Gasteiger partial charge in [0.25, 0.3) is 0 Å². The van der Waals surface area contributed by atoms with Crippen molar-refractivity contribution in [2.45, 2.75) is 26.2 Å². The number of carbonyl (C=O) groups excluding carboxylic acids is 1. The average Bonchev–Trinajstić information content (AvgIpc) is 2.39. The van der Waals surface area contributed by atoms with E-state index in [4.69, 9.17) is 0 Å². The smallest absolute Gasteiger partial charge is 0.234 e. The molecule has 0 spiro atoms. The summed E-state index contributed by atoms with van der Waals surface area (Å²) in [5.41, 5.74) is 2.09. The van der Waals surface area contributed by atoms with Crippen molar-refractivity contribution in [3.05, 3.63) is 59.9 Å². The lowest BCUT2D eigenvalue weighted by atomic mass is 9.83. The van der Waals surface area contributed by atoms with Gasteiger partial charge in [-0.25, -0.2) is 0 Å². The Morgan fingerprint density at radius 1 is 1.16 bits per heavy atom. The molecule has 1 aromatic carbocycles. The van der Waals surface area contributed by atoms with E-state index in [1.807, 2.05) is 57.2 Å². The maximum Gasteiger partial charge on any atom is 0.234 e. The van der Waals surface area contributed by atoms with Crippen LogP contribution < -0.4 is 5.32 Å². The van der Waals surface area contributed by atoms with Gasteiger partial charge in [-0.15, -0.1) is 0 Å². The molecule has 1 amide bonds. The molecule has 0 aliphatic carbocycles. The van der Waals surface area contributed by atoms with Crippen LogP contribution in [0.2, 0.25) is 0 Å². The second kappa shape index (κ2) is 5.22. The third-order valence-corrected chi connectivity index (χ3v) is 3.22. The molecular formula is C16H18N2O. The van der Waals surface area contributed by atoms with E-state index in [0.717, 1.165) is 16.9 Å². The SMILES string of the molecule is Cc1cc(NC(=O)C(C)(C)c2ccccc2)ccn1. The molecule has 0 radical (unpaired) electrons. The Bertz CT molecular complexity index is 576. The van der Waals surface area contributed by atoms with Crippen LogP contribution in [0.25, 0.3) is 0 Å². The van der Waals surface area contributed by atoms with Gasteiger partial charge in [-0.2, -0.15) is 0 Å². The number of nitrogens with one attached hydrogen (secondary N) is 1. The number of nitrogens with zero attached hydrogens (tertiary/aromatic N) is 1. The molecule has 2 rings (SSSR count). The van der Waals surface area contributed by atoms with Crippen molar-refractivity contribution in [2.75, 3.05) is 5.32 Å². The van der Waals surface area contributed by atoms with Crippen molar-refractivity contribution in [3.63, 3.8) is 0 Å². The first kappa shape index (κ1) is 13.3. The summed E-state index contributed by atoms with van der Waals surface area (Å²) in [6.07, 6.45) is 1.69. The van der Waals surface area contributed by atoms with Crippen LogP contribution in [0, 0.1) is 6.92 Å². The summed E-state index contributed by atoms with van der Waals surface area (Å²) in [4.78, 5) is 16.5. The Hall–Kier alpha value is -2.16. The predicted octanol–water partition coefficient (Wildman–Crippen LogP) is 3.31. The molecule has 2 aromatic rings. The summed E-state index contributed by atoms with van der Waals surface area (Å²) in [6, 6.07) is 13.4. The van der Waals surface area contributed by atoms with Gasteiger partial charge < -0.3 is 5.32 Å². The molecule has 0 atom stereocenters. The minimum Gasteiger partial charge on any atom is -0.325 e. The molecule has 1 heterocycles. The number of anilines is 1. The van der Waals surface area contributed by atoms with Crippen molar-refractivity contribution in [2.24, 2.45) is 0 Å².